The minimum absolute atomic E-state index is 0.000381. The maximum atomic E-state index is 14.0. The summed E-state index contributed by atoms with van der Waals surface area (Å²) >= 11 is 0. The van der Waals surface area contributed by atoms with Gasteiger partial charge in [-0.1, -0.05) is 0 Å². The average molecular weight is 1460 g/mol. The van der Waals surface area contributed by atoms with Crippen LogP contribution in [-0.2, 0) is 92.6 Å². The van der Waals surface area contributed by atoms with Crippen molar-refractivity contribution in [2.75, 3.05) is 118 Å². The Labute approximate surface area is 603 Å². The van der Waals surface area contributed by atoms with Crippen LogP contribution >= 0.6 is 0 Å². The number of imide groups is 2. The van der Waals surface area contributed by atoms with Gasteiger partial charge in [0.05, 0.1) is 137 Å². The van der Waals surface area contributed by atoms with Crippen LogP contribution in [0.5, 0.6) is 5.75 Å². The quantitative estimate of drug-likeness (QED) is 0.0230. The van der Waals surface area contributed by atoms with Crippen molar-refractivity contribution in [1.82, 2.24) is 58.7 Å². The number of anilines is 1. The number of nitrogens with zero attached hydrogens (tertiary/aromatic N) is 11. The number of hydrogen-bond donors (Lipinski definition) is 6. The zero-order valence-corrected chi connectivity index (χ0v) is 60.0. The summed E-state index contributed by atoms with van der Waals surface area (Å²) in [4.78, 5) is 140. The smallest absolute Gasteiger partial charge is 0.298 e. The lowest BCUT2D eigenvalue weighted by Gasteiger charge is -2.27. The van der Waals surface area contributed by atoms with E-state index in [2.05, 4.69) is 41.4 Å². The van der Waals surface area contributed by atoms with Crippen molar-refractivity contribution in [3.63, 3.8) is 0 Å². The molecular weight excluding hydrogens is 1370 g/mol. The van der Waals surface area contributed by atoms with Gasteiger partial charge in [0.25, 0.3) is 23.6 Å². The molecule has 1 atom stereocenters. The number of benzene rings is 3. The molecule has 564 valence electrons. The maximum absolute atomic E-state index is 14.0. The molecule has 4 aromatic heterocycles. The molecule has 0 radical (unpaired) electrons. The van der Waals surface area contributed by atoms with E-state index in [1.165, 1.54) is 7.11 Å². The monoisotopic (exact) mass is 1460 g/mol. The maximum Gasteiger partial charge on any atom is 0.298 e. The van der Waals surface area contributed by atoms with Crippen molar-refractivity contribution in [1.29, 1.82) is 0 Å². The fourth-order valence-electron chi connectivity index (χ4n) is 12.2. The Hall–Kier alpha value is -10.6. The van der Waals surface area contributed by atoms with Crippen molar-refractivity contribution >= 4 is 86.8 Å². The van der Waals surface area contributed by atoms with E-state index in [1.807, 2.05) is 23.0 Å². The molecule has 0 aliphatic carbocycles. The first kappa shape index (κ1) is 78.6. The fourth-order valence-corrected chi connectivity index (χ4v) is 12.2. The Morgan fingerprint density at radius 1 is 0.590 bits per heavy atom. The fraction of sp³-hybridized carbons (Fsp3) is 0.486. The predicted octanol–water partition coefficient (Wildman–Crippen LogP) is 1.11. The highest BCUT2D eigenvalue weighted by atomic mass is 16.6. The first-order valence-corrected chi connectivity index (χ1v) is 34.7. The lowest BCUT2D eigenvalue weighted by Crippen LogP contribution is -2.54. The van der Waals surface area contributed by atoms with E-state index in [0.29, 0.717) is 83.4 Å². The minimum atomic E-state index is -1.12. The van der Waals surface area contributed by atoms with Gasteiger partial charge in [0, 0.05) is 89.6 Å². The number of rotatable bonds is 42. The van der Waals surface area contributed by atoms with Gasteiger partial charge in [-0.05, 0) is 108 Å². The number of hydrogen-bond acceptors (Lipinski definition) is 21. The SMILES string of the molecule is CCn1nc(C)cc1C(=O)N=c1n(C)c2cc(C(N)=O)ccc2n1CCC(CCn1c(=NC(=O)c2cc(C)nn2CC)n(C)c2cc(C(N)=O)ccc21)OCC(=O)NCCOCCOCCOCCOCCC(=O)NCCOCCOCCNc1ccc(OC)c2c1C(=O)N(C1CCC(=O)NC1=O)C2=O. The molecular formula is C70H91N17O18. The van der Waals surface area contributed by atoms with Crippen LogP contribution in [0.2, 0.25) is 0 Å². The molecule has 6 heterocycles. The molecule has 2 aliphatic rings. The van der Waals surface area contributed by atoms with Crippen molar-refractivity contribution in [2.45, 2.75) is 98.1 Å². The Bertz CT molecular complexity index is 4320. The van der Waals surface area contributed by atoms with Crippen LogP contribution in [0, 0.1) is 13.8 Å². The molecule has 105 heavy (non-hydrogen) atoms. The summed E-state index contributed by atoms with van der Waals surface area (Å²) in [5.41, 5.74) is 17.2. The Kier molecular flexibility index (Phi) is 28.2. The summed E-state index contributed by atoms with van der Waals surface area (Å²) < 4.78 is 55.7. The van der Waals surface area contributed by atoms with Crippen molar-refractivity contribution in [3.8, 4) is 5.75 Å². The molecule has 10 amide bonds. The summed E-state index contributed by atoms with van der Waals surface area (Å²) in [7, 11) is 4.83. The number of imidazole rings is 2. The highest BCUT2D eigenvalue weighted by Crippen LogP contribution is 2.38. The topological polar surface area (TPSA) is 428 Å². The van der Waals surface area contributed by atoms with Gasteiger partial charge in [-0.15, -0.1) is 0 Å². The van der Waals surface area contributed by atoms with Crippen LogP contribution in [0.1, 0.15) is 120 Å². The number of aromatic nitrogens is 8. The number of aryl methyl sites for hydroxylation is 8. The molecule has 8 N–H and O–H groups in total. The van der Waals surface area contributed by atoms with E-state index >= 15 is 0 Å². The summed E-state index contributed by atoms with van der Waals surface area (Å²) in [5.74, 6) is -5.30. The van der Waals surface area contributed by atoms with Gasteiger partial charge in [0.15, 0.2) is 0 Å². The molecule has 1 unspecified atom stereocenters. The Morgan fingerprint density at radius 3 is 1.53 bits per heavy atom. The molecule has 3 aromatic carbocycles. The van der Waals surface area contributed by atoms with Crippen molar-refractivity contribution in [2.24, 2.45) is 35.5 Å². The van der Waals surface area contributed by atoms with Gasteiger partial charge in [0.2, 0.25) is 46.7 Å². The minimum Gasteiger partial charge on any atom is -0.496 e. The second-order valence-corrected chi connectivity index (χ2v) is 24.5. The van der Waals surface area contributed by atoms with E-state index in [1.54, 1.807) is 107 Å². The zero-order valence-electron chi connectivity index (χ0n) is 60.0. The predicted molar refractivity (Wildman–Crippen MR) is 377 cm³/mol. The van der Waals surface area contributed by atoms with Gasteiger partial charge in [-0.2, -0.15) is 20.2 Å². The summed E-state index contributed by atoms with van der Waals surface area (Å²) in [6, 6.07) is 15.3. The lowest BCUT2D eigenvalue weighted by atomic mass is 10.0. The van der Waals surface area contributed by atoms with E-state index < -0.39 is 65.3 Å². The van der Waals surface area contributed by atoms with E-state index in [9.17, 15) is 47.9 Å². The van der Waals surface area contributed by atoms with E-state index in [0.717, 1.165) is 4.90 Å². The van der Waals surface area contributed by atoms with Crippen LogP contribution in [0.3, 0.4) is 0 Å². The summed E-state index contributed by atoms with van der Waals surface area (Å²) in [6.45, 7) is 12.0. The van der Waals surface area contributed by atoms with Gasteiger partial charge in [-0.25, -0.2) is 0 Å². The molecule has 0 spiro atoms. The Balaban J connectivity index is 0.674. The number of fused-ring (bicyclic) bond motifs is 3. The molecule has 2 aliphatic heterocycles. The van der Waals surface area contributed by atoms with Crippen LogP contribution in [0.15, 0.2) is 70.6 Å². The van der Waals surface area contributed by atoms with Crippen LogP contribution in [0.4, 0.5) is 5.69 Å². The van der Waals surface area contributed by atoms with Gasteiger partial charge in [0.1, 0.15) is 29.8 Å². The highest BCUT2D eigenvalue weighted by molar-refractivity contribution is 6.26. The van der Waals surface area contributed by atoms with Crippen molar-refractivity contribution in [3.05, 3.63) is 117 Å². The number of nitrogens with one attached hydrogen (secondary N) is 4. The van der Waals surface area contributed by atoms with Gasteiger partial charge < -0.3 is 83.6 Å². The molecule has 0 bridgehead atoms. The molecule has 35 heteroatoms. The standard InChI is InChI=1S/C70H91N17O18/c1-8-85-54(38-43(3)79-85)65(94)77-69-81(5)52-40-45(62(71)91)10-13-49(52)83(69)24-18-47(19-25-84-50-14-11-46(63(72)92)41-53(50)82(6)70(84)78-66(95)55-39-44(4)80-86(55)9-2)105-42-59(90)75-23-29-102-33-35-104-37-36-103-34-30-99-26-20-57(88)74-22-28-101-32-31-100-27-21-73-48-12-16-56(98-7)61-60(48)67(96)87(68(61)97)51-15-17-58(89)76-64(51)93/h10-14,16,38-41,47,51,73H,8-9,15,17-37,42H2,1-7H3,(H2,71,91)(H2,72,92)(H,74,88)(H,75,90)(H,76,89,93). The number of ether oxygens (including phenoxy) is 8. The van der Waals surface area contributed by atoms with Crippen molar-refractivity contribution < 1.29 is 85.8 Å². The number of piperidine rings is 1. The lowest BCUT2D eigenvalue weighted by molar-refractivity contribution is -0.136. The number of primary amides is 2. The number of amides is 10. The molecule has 1 fully saturated rings. The van der Waals surface area contributed by atoms with Gasteiger partial charge in [-0.3, -0.25) is 67.5 Å². The second-order valence-electron chi connectivity index (χ2n) is 24.5. The number of carbonyl (C=O) groups is 10. The van der Waals surface area contributed by atoms with E-state index in [4.69, 9.17) is 49.4 Å². The number of methoxy groups -OCH3 is 1. The van der Waals surface area contributed by atoms with Crippen LogP contribution in [0.25, 0.3) is 22.1 Å². The first-order chi connectivity index (χ1) is 50.6. The van der Waals surface area contributed by atoms with Crippen LogP contribution in [-0.4, -0.2) is 227 Å². The molecule has 35 nitrogen and oxygen atoms in total. The summed E-state index contributed by atoms with van der Waals surface area (Å²) in [5, 5.41) is 19.8. The summed E-state index contributed by atoms with van der Waals surface area (Å²) in [6.07, 6.45) is 0.0285. The number of nitrogens with two attached hydrogens (primary N) is 2. The van der Waals surface area contributed by atoms with Gasteiger partial charge >= 0.3 is 0 Å². The second kappa shape index (κ2) is 37.7. The first-order valence-electron chi connectivity index (χ1n) is 34.7. The van der Waals surface area contributed by atoms with Crippen LogP contribution < -0.4 is 48.7 Å². The van der Waals surface area contributed by atoms with E-state index in [-0.39, 0.29) is 176 Å². The molecule has 7 aromatic rings. The third kappa shape index (κ3) is 20.0. The average Bonchev–Trinajstić information content (AvgIpc) is 1.61. The third-order valence-corrected chi connectivity index (χ3v) is 17.4. The Morgan fingerprint density at radius 2 is 1.06 bits per heavy atom. The number of carbonyl (C=O) groups excluding carboxylic acids is 10. The molecule has 9 rings (SSSR count). The third-order valence-electron chi connectivity index (χ3n) is 17.4. The molecule has 0 saturated carbocycles. The molecule has 1 saturated heterocycles. The highest BCUT2D eigenvalue weighted by Gasteiger charge is 2.47. The normalized spacial score (nSPS) is 14.4. The zero-order chi connectivity index (χ0) is 75.3. The largest absolute Gasteiger partial charge is 0.496 e.